The molecule has 0 bridgehead atoms. The number of nitrogens with one attached hydrogen (secondary N) is 1. The van der Waals surface area contributed by atoms with Crippen molar-refractivity contribution in [2.75, 3.05) is 44.2 Å². The molecule has 4 rings (SSSR count). The van der Waals surface area contributed by atoms with Crippen LogP contribution >= 0.6 is 23.4 Å². The van der Waals surface area contributed by atoms with Crippen molar-refractivity contribution in [2.45, 2.75) is 101 Å². The number of hydrogen-bond donors (Lipinski definition) is 1. The van der Waals surface area contributed by atoms with Crippen molar-refractivity contribution >= 4 is 49.4 Å². The van der Waals surface area contributed by atoms with E-state index in [1.165, 1.54) is 11.8 Å². The van der Waals surface area contributed by atoms with Crippen molar-refractivity contribution in [3.8, 4) is 0 Å². The number of rotatable bonds is 9. The molecule has 10 nitrogen and oxygen atoms in total. The summed E-state index contributed by atoms with van der Waals surface area (Å²) in [6.45, 7) is 18.6. The topological polar surface area (TPSA) is 110 Å². The van der Waals surface area contributed by atoms with Gasteiger partial charge in [0.05, 0.1) is 29.7 Å². The van der Waals surface area contributed by atoms with Crippen LogP contribution in [0, 0.1) is 5.41 Å². The third kappa shape index (κ3) is 10.7. The minimum absolute atomic E-state index is 0.000293. The van der Waals surface area contributed by atoms with Gasteiger partial charge in [0, 0.05) is 57.8 Å². The number of carbonyl (C=O) groups excluding carboxylic acids is 2. The van der Waals surface area contributed by atoms with Crippen LogP contribution in [0.15, 0.2) is 34.6 Å². The summed E-state index contributed by atoms with van der Waals surface area (Å²) < 4.78 is 10.9. The molecule has 248 valence electrons. The molecule has 2 saturated heterocycles. The number of carbonyl (C=O) groups is 2. The second kappa shape index (κ2) is 14.9. The SMILES string of the molecule is CC1(CNC(=O)OC(C)(C)C)CCN(c2cnc(Sc3ccnc(C4CCN(C(=O)OCC[Si](C)(C)C)CC4)c3Cl)cn2)CC1. The quantitative estimate of drug-likeness (QED) is 0.271. The van der Waals surface area contributed by atoms with Crippen LogP contribution in [0.3, 0.4) is 0 Å². The summed E-state index contributed by atoms with van der Waals surface area (Å²) in [5, 5.41) is 4.34. The monoisotopic (exact) mass is 676 g/mol. The first-order valence-corrected chi connectivity index (χ1v) is 20.8. The number of likely N-dealkylation sites (tertiary alicyclic amines) is 1. The van der Waals surface area contributed by atoms with Gasteiger partial charge in [-0.1, -0.05) is 49.9 Å². The minimum Gasteiger partial charge on any atom is -0.450 e. The Morgan fingerprint density at radius 2 is 1.78 bits per heavy atom. The molecule has 2 aliphatic rings. The molecule has 0 aliphatic carbocycles. The Morgan fingerprint density at radius 1 is 1.09 bits per heavy atom. The fourth-order valence-corrected chi connectivity index (χ4v) is 7.22. The van der Waals surface area contributed by atoms with Crippen LogP contribution in [0.25, 0.3) is 0 Å². The maximum atomic E-state index is 12.5. The second-order valence-electron chi connectivity index (χ2n) is 14.7. The van der Waals surface area contributed by atoms with Crippen molar-refractivity contribution in [3.05, 3.63) is 35.4 Å². The van der Waals surface area contributed by atoms with Crippen LogP contribution in [0.2, 0.25) is 30.7 Å². The summed E-state index contributed by atoms with van der Waals surface area (Å²) in [4.78, 5) is 43.6. The van der Waals surface area contributed by atoms with Gasteiger partial charge in [0.1, 0.15) is 16.4 Å². The number of pyridine rings is 1. The highest BCUT2D eigenvalue weighted by atomic mass is 35.5. The van der Waals surface area contributed by atoms with E-state index >= 15 is 0 Å². The highest BCUT2D eigenvalue weighted by Gasteiger charge is 2.32. The molecule has 0 saturated carbocycles. The van der Waals surface area contributed by atoms with Crippen LogP contribution < -0.4 is 10.2 Å². The molecule has 13 heteroatoms. The standard InChI is InChI=1S/C32H49ClN6O4SSi/c1-31(2,3)43-29(40)37-22-32(4)11-16-38(17-12-32)25-20-36-26(21-35-25)44-24-8-13-34-28(27(24)33)23-9-14-39(15-10-23)30(41)42-18-19-45(5,6)7/h8,13,20-21,23H,9-12,14-19,22H2,1-7H3,(H,37,40). The van der Waals surface area contributed by atoms with Crippen molar-refractivity contribution < 1.29 is 19.1 Å². The minimum atomic E-state index is -1.24. The first kappa shape index (κ1) is 35.3. The molecule has 0 unspecified atom stereocenters. The summed E-state index contributed by atoms with van der Waals surface area (Å²) >= 11 is 8.36. The fourth-order valence-electron chi connectivity index (χ4n) is 5.37. The van der Waals surface area contributed by atoms with Crippen LogP contribution in [0.1, 0.15) is 65.0 Å². The average molecular weight is 677 g/mol. The normalized spacial score (nSPS) is 17.6. The number of anilines is 1. The molecule has 0 aromatic carbocycles. The third-order valence-electron chi connectivity index (χ3n) is 8.28. The van der Waals surface area contributed by atoms with Gasteiger partial charge in [-0.15, -0.1) is 0 Å². The highest BCUT2D eigenvalue weighted by Crippen LogP contribution is 2.39. The smallest absolute Gasteiger partial charge is 0.409 e. The van der Waals surface area contributed by atoms with Crippen LogP contribution in [0.5, 0.6) is 0 Å². The van der Waals surface area contributed by atoms with E-state index in [-0.39, 0.29) is 23.5 Å². The number of aromatic nitrogens is 3. The Kier molecular flexibility index (Phi) is 11.7. The molecule has 4 heterocycles. The number of piperidine rings is 2. The lowest BCUT2D eigenvalue weighted by molar-refractivity contribution is 0.0495. The Hall–Kier alpha value is -2.57. The number of ether oxygens (including phenoxy) is 2. The Morgan fingerprint density at radius 3 is 2.38 bits per heavy atom. The first-order valence-electron chi connectivity index (χ1n) is 15.9. The zero-order valence-electron chi connectivity index (χ0n) is 27.8. The summed E-state index contributed by atoms with van der Waals surface area (Å²) in [6.07, 6.45) is 8.26. The lowest BCUT2D eigenvalue weighted by atomic mass is 9.80. The molecular formula is C32H49ClN6O4SSi. The van der Waals surface area contributed by atoms with Crippen molar-refractivity contribution in [2.24, 2.45) is 5.41 Å². The zero-order chi connectivity index (χ0) is 32.8. The zero-order valence-corrected chi connectivity index (χ0v) is 30.4. The summed E-state index contributed by atoms with van der Waals surface area (Å²) in [5.41, 5.74) is 0.362. The first-order chi connectivity index (χ1) is 21.1. The van der Waals surface area contributed by atoms with Gasteiger partial charge in [-0.05, 0) is 64.0 Å². The van der Waals surface area contributed by atoms with Gasteiger partial charge in [0.2, 0.25) is 0 Å². The largest absolute Gasteiger partial charge is 0.450 e. The molecule has 2 aromatic rings. The molecule has 45 heavy (non-hydrogen) atoms. The number of halogens is 1. The molecule has 2 amide bonds. The van der Waals surface area contributed by atoms with E-state index in [1.54, 1.807) is 17.3 Å². The van der Waals surface area contributed by atoms with E-state index in [1.807, 2.05) is 33.0 Å². The van der Waals surface area contributed by atoms with E-state index in [2.05, 4.69) is 46.7 Å². The molecule has 2 aromatic heterocycles. The van der Waals surface area contributed by atoms with E-state index in [0.717, 1.165) is 66.3 Å². The molecule has 1 N–H and O–H groups in total. The molecule has 0 atom stereocenters. The number of alkyl carbamates (subject to hydrolysis) is 1. The van der Waals surface area contributed by atoms with Gasteiger partial charge in [-0.25, -0.2) is 19.6 Å². The van der Waals surface area contributed by atoms with Gasteiger partial charge in [-0.2, -0.15) is 0 Å². The average Bonchev–Trinajstić information content (AvgIpc) is 2.97. The Balaban J connectivity index is 1.26. The number of hydrogen-bond acceptors (Lipinski definition) is 9. The maximum absolute atomic E-state index is 12.5. The van der Waals surface area contributed by atoms with E-state index in [4.69, 9.17) is 26.1 Å². The van der Waals surface area contributed by atoms with Gasteiger partial charge >= 0.3 is 12.2 Å². The summed E-state index contributed by atoms with van der Waals surface area (Å²) in [5.74, 6) is 1.02. The van der Waals surface area contributed by atoms with Gasteiger partial charge < -0.3 is 24.6 Å². The van der Waals surface area contributed by atoms with E-state index in [0.29, 0.717) is 31.3 Å². The third-order valence-corrected chi connectivity index (χ3v) is 11.5. The highest BCUT2D eigenvalue weighted by molar-refractivity contribution is 7.99. The Bertz CT molecular complexity index is 1300. The van der Waals surface area contributed by atoms with Crippen molar-refractivity contribution in [1.82, 2.24) is 25.2 Å². The van der Waals surface area contributed by atoms with E-state index in [9.17, 15) is 9.59 Å². The summed E-state index contributed by atoms with van der Waals surface area (Å²) in [7, 11) is -1.24. The molecule has 2 aliphatic heterocycles. The summed E-state index contributed by atoms with van der Waals surface area (Å²) in [6, 6.07) is 2.88. The van der Waals surface area contributed by atoms with Gasteiger partial charge in [0.25, 0.3) is 0 Å². The molecular weight excluding hydrogens is 628 g/mol. The Labute approximate surface area is 278 Å². The predicted molar refractivity (Wildman–Crippen MR) is 182 cm³/mol. The predicted octanol–water partition coefficient (Wildman–Crippen LogP) is 7.46. The van der Waals surface area contributed by atoms with Crippen LogP contribution in [-0.4, -0.2) is 85.0 Å². The molecule has 0 radical (unpaired) electrons. The molecule has 2 fully saturated rings. The lowest BCUT2D eigenvalue weighted by Crippen LogP contribution is -2.45. The maximum Gasteiger partial charge on any atom is 0.409 e. The second-order valence-corrected chi connectivity index (χ2v) is 21.7. The fraction of sp³-hybridized carbons (Fsp3) is 0.656. The van der Waals surface area contributed by atoms with Gasteiger partial charge in [0.15, 0.2) is 0 Å². The van der Waals surface area contributed by atoms with Crippen LogP contribution in [-0.2, 0) is 9.47 Å². The van der Waals surface area contributed by atoms with Crippen LogP contribution in [0.4, 0.5) is 15.4 Å². The molecule has 0 spiro atoms. The lowest BCUT2D eigenvalue weighted by Gasteiger charge is -2.40. The van der Waals surface area contributed by atoms with E-state index < -0.39 is 13.7 Å². The van der Waals surface area contributed by atoms with Crippen molar-refractivity contribution in [3.63, 3.8) is 0 Å². The van der Waals surface area contributed by atoms with Gasteiger partial charge in [-0.3, -0.25) is 4.98 Å². The van der Waals surface area contributed by atoms with Crippen molar-refractivity contribution in [1.29, 1.82) is 0 Å². The number of amides is 2. The number of nitrogens with zero attached hydrogens (tertiary/aromatic N) is 5.